The smallest absolute Gasteiger partial charge is 0.136 e. The Morgan fingerprint density at radius 2 is 0.904 bits per heavy atom. The van der Waals surface area contributed by atoms with Crippen LogP contribution in [0.1, 0.15) is 25.0 Å². The Bertz CT molecular complexity index is 3010. The van der Waals surface area contributed by atoms with Crippen LogP contribution in [0.2, 0.25) is 0 Å². The third kappa shape index (κ3) is 4.05. The average molecular weight is 663 g/mol. The molecule has 0 aliphatic heterocycles. The van der Waals surface area contributed by atoms with Crippen LogP contribution in [0, 0.1) is 0 Å². The van der Waals surface area contributed by atoms with Gasteiger partial charge >= 0.3 is 0 Å². The molecule has 0 saturated carbocycles. The predicted molar refractivity (Wildman–Crippen MR) is 220 cm³/mol. The average Bonchev–Trinajstić information content (AvgIpc) is 3.69. The minimum absolute atomic E-state index is 0.144. The molecule has 52 heavy (non-hydrogen) atoms. The highest BCUT2D eigenvalue weighted by molar-refractivity contribution is 6.24. The first-order chi connectivity index (χ1) is 25.6. The highest BCUT2D eigenvalue weighted by Gasteiger charge is 2.37. The Morgan fingerprint density at radius 1 is 0.365 bits per heavy atom. The van der Waals surface area contributed by atoms with Crippen molar-refractivity contribution in [3.63, 3.8) is 0 Å². The molecule has 1 heteroatoms. The van der Waals surface area contributed by atoms with E-state index in [1.165, 1.54) is 98.7 Å². The molecule has 0 N–H and O–H groups in total. The Labute approximate surface area is 302 Å². The molecule has 0 radical (unpaired) electrons. The molecule has 9 aromatic carbocycles. The maximum atomic E-state index is 6.35. The number of hydrogen-bond acceptors (Lipinski definition) is 1. The van der Waals surface area contributed by atoms with Gasteiger partial charge in [-0.1, -0.05) is 166 Å². The van der Waals surface area contributed by atoms with E-state index in [1.54, 1.807) is 0 Å². The molecule has 0 saturated heterocycles. The summed E-state index contributed by atoms with van der Waals surface area (Å²) in [5, 5.41) is 10.0. The number of fused-ring (bicyclic) bond motifs is 11. The zero-order valence-electron chi connectivity index (χ0n) is 29.1. The quantitative estimate of drug-likeness (QED) is 0.172. The van der Waals surface area contributed by atoms with Crippen molar-refractivity contribution in [1.82, 2.24) is 0 Å². The number of hydrogen-bond donors (Lipinski definition) is 0. The molecule has 0 bridgehead atoms. The largest absolute Gasteiger partial charge is 0.456 e. The first-order valence-electron chi connectivity index (χ1n) is 18.2. The second kappa shape index (κ2) is 10.8. The molecule has 244 valence electrons. The van der Waals surface area contributed by atoms with Gasteiger partial charge in [0.15, 0.2) is 0 Å². The highest BCUT2D eigenvalue weighted by Crippen LogP contribution is 2.54. The Hall–Kier alpha value is -6.44. The summed E-state index contributed by atoms with van der Waals surface area (Å²) in [4.78, 5) is 0. The maximum Gasteiger partial charge on any atom is 0.136 e. The SMILES string of the molecule is CC1(C)c2cc(-c3ccc(-c4c5ccccc5c(-c5ccccc5)c5ccccc45)cc3)ccc2-c2c1ccc1ccc3oc4ccccc4c3c21. The van der Waals surface area contributed by atoms with E-state index in [0.29, 0.717) is 0 Å². The lowest BCUT2D eigenvalue weighted by molar-refractivity contribution is 0.661. The Morgan fingerprint density at radius 3 is 1.58 bits per heavy atom. The van der Waals surface area contributed by atoms with Gasteiger partial charge in [-0.3, -0.25) is 0 Å². The summed E-state index contributed by atoms with van der Waals surface area (Å²) >= 11 is 0. The lowest BCUT2D eigenvalue weighted by Crippen LogP contribution is -2.15. The standard InChI is InChI=1S/C51H34O/c1-51(2)42-28-25-34-26-29-45-50(41-18-10-11-19-44(41)52-45)48(34)49(42)40-27-24-35(30-43(40)51)31-20-22-33(23-21-31)47-38-16-8-6-14-36(38)46(32-12-4-3-5-13-32)37-15-7-9-17-39(37)47/h3-30H,1-2H3. The van der Waals surface area contributed by atoms with E-state index in [-0.39, 0.29) is 5.41 Å². The summed E-state index contributed by atoms with van der Waals surface area (Å²) in [5.74, 6) is 0. The molecular formula is C51H34O. The molecule has 0 spiro atoms. The normalized spacial score (nSPS) is 13.3. The fourth-order valence-electron chi connectivity index (χ4n) is 9.22. The number of para-hydroxylation sites is 1. The first kappa shape index (κ1) is 29.3. The summed E-state index contributed by atoms with van der Waals surface area (Å²) in [5.41, 5.74) is 14.7. The van der Waals surface area contributed by atoms with Gasteiger partial charge in [0.05, 0.1) is 0 Å². The van der Waals surface area contributed by atoms with E-state index in [1.807, 2.05) is 0 Å². The third-order valence-electron chi connectivity index (χ3n) is 11.7. The van der Waals surface area contributed by atoms with Crippen molar-refractivity contribution in [2.75, 3.05) is 0 Å². The molecule has 0 unspecified atom stereocenters. The summed E-state index contributed by atoms with van der Waals surface area (Å²) < 4.78 is 6.35. The van der Waals surface area contributed by atoms with Gasteiger partial charge in [0, 0.05) is 21.6 Å². The van der Waals surface area contributed by atoms with Crippen molar-refractivity contribution in [3.05, 3.63) is 181 Å². The van der Waals surface area contributed by atoms with E-state index in [9.17, 15) is 0 Å². The van der Waals surface area contributed by atoms with E-state index in [4.69, 9.17) is 4.42 Å². The van der Waals surface area contributed by atoms with Crippen molar-refractivity contribution < 1.29 is 4.42 Å². The molecule has 0 atom stereocenters. The summed E-state index contributed by atoms with van der Waals surface area (Å²) in [6, 6.07) is 62.3. The van der Waals surface area contributed by atoms with Crippen molar-refractivity contribution in [3.8, 4) is 44.5 Å². The van der Waals surface area contributed by atoms with Crippen LogP contribution in [-0.2, 0) is 5.41 Å². The van der Waals surface area contributed by atoms with E-state index in [0.717, 1.165) is 11.2 Å². The maximum absolute atomic E-state index is 6.35. The van der Waals surface area contributed by atoms with Gasteiger partial charge < -0.3 is 4.42 Å². The van der Waals surface area contributed by atoms with Crippen LogP contribution in [-0.4, -0.2) is 0 Å². The van der Waals surface area contributed by atoms with Crippen LogP contribution < -0.4 is 0 Å². The minimum atomic E-state index is -0.144. The van der Waals surface area contributed by atoms with Gasteiger partial charge in [0.25, 0.3) is 0 Å². The monoisotopic (exact) mass is 662 g/mol. The molecule has 0 fully saturated rings. The van der Waals surface area contributed by atoms with Gasteiger partial charge in [-0.2, -0.15) is 0 Å². The second-order valence-electron chi connectivity index (χ2n) is 14.8. The van der Waals surface area contributed by atoms with Crippen LogP contribution in [0.15, 0.2) is 174 Å². The molecular weight excluding hydrogens is 629 g/mol. The van der Waals surface area contributed by atoms with Crippen molar-refractivity contribution >= 4 is 54.3 Å². The molecule has 1 aliphatic carbocycles. The Balaban J connectivity index is 1.06. The molecule has 1 heterocycles. The summed E-state index contributed by atoms with van der Waals surface area (Å²) in [6.07, 6.45) is 0. The van der Waals surface area contributed by atoms with Gasteiger partial charge in [0.1, 0.15) is 11.2 Å². The van der Waals surface area contributed by atoms with E-state index >= 15 is 0 Å². The van der Waals surface area contributed by atoms with E-state index in [2.05, 4.69) is 184 Å². The summed E-state index contributed by atoms with van der Waals surface area (Å²) in [7, 11) is 0. The zero-order chi connectivity index (χ0) is 34.6. The van der Waals surface area contributed by atoms with Crippen LogP contribution in [0.25, 0.3) is 98.8 Å². The lowest BCUT2D eigenvalue weighted by Gasteiger charge is -2.22. The van der Waals surface area contributed by atoms with E-state index < -0.39 is 0 Å². The number of furan rings is 1. The van der Waals surface area contributed by atoms with Crippen LogP contribution in [0.5, 0.6) is 0 Å². The number of rotatable bonds is 3. The molecule has 1 aliphatic rings. The fourth-order valence-corrected chi connectivity index (χ4v) is 9.22. The first-order valence-corrected chi connectivity index (χ1v) is 18.2. The van der Waals surface area contributed by atoms with Gasteiger partial charge in [-0.15, -0.1) is 0 Å². The van der Waals surface area contributed by atoms with Gasteiger partial charge in [-0.05, 0) is 101 Å². The zero-order valence-corrected chi connectivity index (χ0v) is 29.1. The van der Waals surface area contributed by atoms with Crippen molar-refractivity contribution in [2.24, 2.45) is 0 Å². The predicted octanol–water partition coefficient (Wildman–Crippen LogP) is 14.4. The van der Waals surface area contributed by atoms with Crippen LogP contribution in [0.4, 0.5) is 0 Å². The van der Waals surface area contributed by atoms with Gasteiger partial charge in [-0.25, -0.2) is 0 Å². The molecule has 0 amide bonds. The number of benzene rings is 9. The summed E-state index contributed by atoms with van der Waals surface area (Å²) in [6.45, 7) is 4.75. The highest BCUT2D eigenvalue weighted by atomic mass is 16.3. The van der Waals surface area contributed by atoms with Crippen LogP contribution in [0.3, 0.4) is 0 Å². The minimum Gasteiger partial charge on any atom is -0.456 e. The van der Waals surface area contributed by atoms with Crippen molar-refractivity contribution in [1.29, 1.82) is 0 Å². The third-order valence-corrected chi connectivity index (χ3v) is 11.7. The molecule has 1 nitrogen and oxygen atoms in total. The Kier molecular flexibility index (Phi) is 6.08. The lowest BCUT2D eigenvalue weighted by atomic mass is 9.81. The molecule has 11 rings (SSSR count). The van der Waals surface area contributed by atoms with Crippen molar-refractivity contribution in [2.45, 2.75) is 19.3 Å². The van der Waals surface area contributed by atoms with Gasteiger partial charge in [0.2, 0.25) is 0 Å². The molecule has 1 aromatic heterocycles. The van der Waals surface area contributed by atoms with Crippen LogP contribution >= 0.6 is 0 Å². The fraction of sp³-hybridized carbons (Fsp3) is 0.0588. The second-order valence-corrected chi connectivity index (χ2v) is 14.8. The topological polar surface area (TPSA) is 13.1 Å². The molecule has 10 aromatic rings.